The van der Waals surface area contributed by atoms with E-state index < -0.39 is 17.3 Å². The molecule has 2 aromatic carbocycles. The van der Waals surface area contributed by atoms with Crippen LogP contribution in [0.1, 0.15) is 29.0 Å². The molecule has 0 saturated carbocycles. The minimum absolute atomic E-state index is 0.0270. The lowest BCUT2D eigenvalue weighted by Gasteiger charge is -2.24. The summed E-state index contributed by atoms with van der Waals surface area (Å²) in [5, 5.41) is 2.93. The minimum atomic E-state index is -0.697. The van der Waals surface area contributed by atoms with Crippen LogP contribution in [0, 0.1) is 11.6 Å². The van der Waals surface area contributed by atoms with Gasteiger partial charge in [-0.15, -0.1) is 0 Å². The number of amides is 1. The van der Waals surface area contributed by atoms with E-state index in [4.69, 9.17) is 0 Å². The van der Waals surface area contributed by atoms with Gasteiger partial charge in [0.15, 0.2) is 5.16 Å². The Kier molecular flexibility index (Phi) is 4.95. The average molecular weight is 399 g/mol. The minimum Gasteiger partial charge on any atom is -0.310 e. The van der Waals surface area contributed by atoms with Crippen LogP contribution in [0.15, 0.2) is 58.5 Å². The summed E-state index contributed by atoms with van der Waals surface area (Å²) in [7, 11) is 0. The van der Waals surface area contributed by atoms with Crippen molar-refractivity contribution in [3.8, 4) is 0 Å². The Morgan fingerprint density at radius 3 is 2.57 bits per heavy atom. The monoisotopic (exact) mass is 399 g/mol. The fraction of sp³-hybridized carbons (Fsp3) is 0.150. The lowest BCUT2D eigenvalue weighted by atomic mass is 9.86. The van der Waals surface area contributed by atoms with Crippen molar-refractivity contribution in [1.82, 2.24) is 9.97 Å². The summed E-state index contributed by atoms with van der Waals surface area (Å²) < 4.78 is 27.2. The molecule has 1 amide bonds. The van der Waals surface area contributed by atoms with Gasteiger partial charge < -0.3 is 10.3 Å². The summed E-state index contributed by atoms with van der Waals surface area (Å²) in [6, 6.07) is 12.1. The number of nitrogens with one attached hydrogen (secondary N) is 2. The van der Waals surface area contributed by atoms with Gasteiger partial charge >= 0.3 is 0 Å². The summed E-state index contributed by atoms with van der Waals surface area (Å²) in [5.41, 5.74) is 0.980. The van der Waals surface area contributed by atoms with Crippen LogP contribution in [-0.4, -0.2) is 15.9 Å². The Balaban J connectivity index is 1.66. The van der Waals surface area contributed by atoms with Crippen molar-refractivity contribution >= 4 is 23.5 Å². The SMILES string of the molecule is O=C1CC(c2ccccc2F)c2c(nc(SCc3ccc(F)cc3)[nH]c2=O)N1. The van der Waals surface area contributed by atoms with Gasteiger partial charge in [-0.05, 0) is 29.3 Å². The molecule has 1 unspecified atom stereocenters. The number of hydrogen-bond acceptors (Lipinski definition) is 4. The van der Waals surface area contributed by atoms with E-state index in [0.717, 1.165) is 5.56 Å². The number of hydrogen-bond donors (Lipinski definition) is 2. The molecular weight excluding hydrogens is 384 g/mol. The second-order valence-electron chi connectivity index (χ2n) is 6.37. The highest BCUT2D eigenvalue weighted by atomic mass is 32.2. The van der Waals surface area contributed by atoms with Crippen LogP contribution in [0.2, 0.25) is 0 Å². The number of halogens is 2. The number of anilines is 1. The van der Waals surface area contributed by atoms with E-state index in [0.29, 0.717) is 10.9 Å². The zero-order valence-electron chi connectivity index (χ0n) is 14.5. The molecule has 0 saturated heterocycles. The lowest BCUT2D eigenvalue weighted by Crippen LogP contribution is -2.31. The van der Waals surface area contributed by atoms with Crippen molar-refractivity contribution in [1.29, 1.82) is 0 Å². The number of aromatic amines is 1. The second-order valence-corrected chi connectivity index (χ2v) is 7.34. The van der Waals surface area contributed by atoms with Crippen molar-refractivity contribution in [2.75, 3.05) is 5.32 Å². The highest BCUT2D eigenvalue weighted by molar-refractivity contribution is 7.98. The van der Waals surface area contributed by atoms with Crippen molar-refractivity contribution in [2.45, 2.75) is 23.2 Å². The Labute approximate surface area is 163 Å². The number of thioether (sulfide) groups is 1. The predicted octanol–water partition coefficient (Wildman–Crippen LogP) is 3.81. The van der Waals surface area contributed by atoms with Gasteiger partial charge in [-0.3, -0.25) is 9.59 Å². The molecule has 28 heavy (non-hydrogen) atoms. The van der Waals surface area contributed by atoms with Crippen LogP contribution in [0.25, 0.3) is 0 Å². The summed E-state index contributed by atoms with van der Waals surface area (Å²) >= 11 is 1.25. The van der Waals surface area contributed by atoms with E-state index >= 15 is 0 Å². The number of carbonyl (C=O) groups is 1. The molecule has 4 rings (SSSR count). The molecule has 8 heteroatoms. The molecular formula is C20H15F2N3O2S. The third kappa shape index (κ3) is 3.68. The number of fused-ring (bicyclic) bond motifs is 1. The third-order valence-corrected chi connectivity index (χ3v) is 5.44. The van der Waals surface area contributed by atoms with Gasteiger partial charge in [-0.2, -0.15) is 0 Å². The fourth-order valence-electron chi connectivity index (χ4n) is 3.17. The topological polar surface area (TPSA) is 74.8 Å². The van der Waals surface area contributed by atoms with E-state index in [-0.39, 0.29) is 35.1 Å². The molecule has 5 nitrogen and oxygen atoms in total. The van der Waals surface area contributed by atoms with E-state index in [1.54, 1.807) is 30.3 Å². The van der Waals surface area contributed by atoms with Crippen LogP contribution in [-0.2, 0) is 10.5 Å². The Morgan fingerprint density at radius 2 is 1.82 bits per heavy atom. The summed E-state index contributed by atoms with van der Waals surface area (Å²) in [5.74, 6) is -1.20. The standard InChI is InChI=1S/C20H15F2N3O2S/c21-12-7-5-11(6-8-12)10-28-20-24-18-17(19(27)25-20)14(9-16(26)23-18)13-3-1-2-4-15(13)22/h1-8,14H,9-10H2,(H2,23,24,25,26,27). The zero-order chi connectivity index (χ0) is 19.7. The largest absolute Gasteiger partial charge is 0.310 e. The van der Waals surface area contributed by atoms with E-state index in [2.05, 4.69) is 15.3 Å². The first-order valence-electron chi connectivity index (χ1n) is 8.57. The van der Waals surface area contributed by atoms with Crippen molar-refractivity contribution in [3.63, 3.8) is 0 Å². The van der Waals surface area contributed by atoms with E-state index in [1.807, 2.05) is 0 Å². The highest BCUT2D eigenvalue weighted by Gasteiger charge is 2.32. The Hall–Kier alpha value is -3.00. The molecule has 1 aliphatic rings. The van der Waals surface area contributed by atoms with E-state index in [1.165, 1.54) is 30.0 Å². The molecule has 0 spiro atoms. The molecule has 2 N–H and O–H groups in total. The molecule has 142 valence electrons. The number of aromatic nitrogens is 2. The summed E-state index contributed by atoms with van der Waals surface area (Å²) in [6.07, 6.45) is -0.0270. The average Bonchev–Trinajstić information content (AvgIpc) is 2.67. The molecule has 0 fully saturated rings. The predicted molar refractivity (Wildman–Crippen MR) is 102 cm³/mol. The van der Waals surface area contributed by atoms with Gasteiger partial charge in [0.1, 0.15) is 17.5 Å². The molecule has 1 aromatic heterocycles. The van der Waals surface area contributed by atoms with E-state index in [9.17, 15) is 18.4 Å². The maximum atomic E-state index is 14.2. The maximum Gasteiger partial charge on any atom is 0.257 e. The van der Waals surface area contributed by atoms with Gasteiger partial charge in [-0.25, -0.2) is 13.8 Å². The van der Waals surface area contributed by atoms with Gasteiger partial charge in [0.05, 0.1) is 5.56 Å². The molecule has 2 heterocycles. The van der Waals surface area contributed by atoms with Crippen LogP contribution in [0.4, 0.5) is 14.6 Å². The van der Waals surface area contributed by atoms with Gasteiger partial charge in [-0.1, -0.05) is 42.1 Å². The molecule has 1 atom stereocenters. The van der Waals surface area contributed by atoms with Crippen molar-refractivity contribution < 1.29 is 13.6 Å². The second kappa shape index (κ2) is 7.55. The number of H-pyrrole nitrogens is 1. The summed E-state index contributed by atoms with van der Waals surface area (Å²) in [6.45, 7) is 0. The third-order valence-electron chi connectivity index (χ3n) is 4.50. The quantitative estimate of drug-likeness (QED) is 0.517. The highest BCUT2D eigenvalue weighted by Crippen LogP contribution is 2.35. The first-order chi connectivity index (χ1) is 13.5. The zero-order valence-corrected chi connectivity index (χ0v) is 15.4. The molecule has 0 radical (unpaired) electrons. The van der Waals surface area contributed by atoms with Gasteiger partial charge in [0.25, 0.3) is 5.56 Å². The molecule has 3 aromatic rings. The molecule has 1 aliphatic heterocycles. The first-order valence-corrected chi connectivity index (χ1v) is 9.55. The molecule has 0 bridgehead atoms. The van der Waals surface area contributed by atoms with Gasteiger partial charge in [0, 0.05) is 18.1 Å². The number of rotatable bonds is 4. The van der Waals surface area contributed by atoms with Crippen LogP contribution < -0.4 is 10.9 Å². The van der Waals surface area contributed by atoms with Gasteiger partial charge in [0.2, 0.25) is 5.91 Å². The maximum absolute atomic E-state index is 14.2. The Morgan fingerprint density at radius 1 is 1.07 bits per heavy atom. The smallest absolute Gasteiger partial charge is 0.257 e. The Bertz CT molecular complexity index is 1100. The van der Waals surface area contributed by atoms with Crippen LogP contribution in [0.3, 0.4) is 0 Å². The number of nitrogens with zero attached hydrogens (tertiary/aromatic N) is 1. The van der Waals surface area contributed by atoms with Crippen LogP contribution >= 0.6 is 11.8 Å². The summed E-state index contributed by atoms with van der Waals surface area (Å²) in [4.78, 5) is 31.9. The normalized spacial score (nSPS) is 15.8. The fourth-order valence-corrected chi connectivity index (χ4v) is 3.99. The van der Waals surface area contributed by atoms with Crippen molar-refractivity contribution in [2.24, 2.45) is 0 Å². The number of benzene rings is 2. The van der Waals surface area contributed by atoms with Crippen molar-refractivity contribution in [3.05, 3.63) is 87.2 Å². The van der Waals surface area contributed by atoms with Crippen LogP contribution in [0.5, 0.6) is 0 Å². The first kappa shape index (κ1) is 18.4. The lowest BCUT2D eigenvalue weighted by molar-refractivity contribution is -0.116. The molecule has 0 aliphatic carbocycles. The number of carbonyl (C=O) groups excluding carboxylic acids is 1.